The lowest BCUT2D eigenvalue weighted by Crippen LogP contribution is -2.20. The van der Waals surface area contributed by atoms with Crippen LogP contribution < -0.4 is 14.8 Å². The molecule has 0 bridgehead atoms. The van der Waals surface area contributed by atoms with Crippen LogP contribution in [0.15, 0.2) is 24.4 Å². The summed E-state index contributed by atoms with van der Waals surface area (Å²) in [6.07, 6.45) is 1.65. The predicted octanol–water partition coefficient (Wildman–Crippen LogP) is 1.74. The summed E-state index contributed by atoms with van der Waals surface area (Å²) >= 11 is 0. The molecule has 19 heavy (non-hydrogen) atoms. The van der Waals surface area contributed by atoms with Gasteiger partial charge in [-0.25, -0.2) is 0 Å². The summed E-state index contributed by atoms with van der Waals surface area (Å²) in [4.78, 5) is 12.2. The second kappa shape index (κ2) is 4.64. The normalized spacial score (nSPS) is 13.1. The van der Waals surface area contributed by atoms with Gasteiger partial charge >= 0.3 is 0 Å². The molecule has 2 heterocycles. The van der Waals surface area contributed by atoms with Crippen molar-refractivity contribution in [2.45, 2.75) is 6.92 Å². The van der Waals surface area contributed by atoms with E-state index in [1.165, 1.54) is 0 Å². The zero-order valence-electron chi connectivity index (χ0n) is 10.4. The molecule has 98 valence electrons. The van der Waals surface area contributed by atoms with Gasteiger partial charge in [-0.3, -0.25) is 9.89 Å². The number of benzene rings is 1. The minimum atomic E-state index is -0.255. The van der Waals surface area contributed by atoms with Crippen molar-refractivity contribution >= 4 is 11.7 Å². The number of fused-ring (bicyclic) bond motifs is 1. The monoisotopic (exact) mass is 259 g/mol. The molecule has 0 radical (unpaired) electrons. The number of ether oxygens (including phenoxy) is 2. The molecule has 1 aromatic heterocycles. The minimum Gasteiger partial charge on any atom is -0.486 e. The Morgan fingerprint density at radius 1 is 1.37 bits per heavy atom. The van der Waals surface area contributed by atoms with Gasteiger partial charge in [0.1, 0.15) is 19.0 Å². The first-order valence-corrected chi connectivity index (χ1v) is 5.95. The highest BCUT2D eigenvalue weighted by atomic mass is 16.6. The maximum Gasteiger partial charge on any atom is 0.260 e. The second-order valence-corrected chi connectivity index (χ2v) is 4.21. The van der Waals surface area contributed by atoms with Crippen LogP contribution in [-0.2, 0) is 0 Å². The highest BCUT2D eigenvalue weighted by Crippen LogP contribution is 2.33. The predicted molar refractivity (Wildman–Crippen MR) is 68.7 cm³/mol. The standard InChI is InChI=1S/C13H13N3O3/c1-8-7-14-16-12(8)15-13(17)9-3-2-4-10-11(9)19-6-5-18-10/h2-4,7H,5-6H2,1H3,(H2,14,15,16,17). The molecule has 2 aromatic rings. The molecule has 0 atom stereocenters. The number of aromatic amines is 1. The lowest BCUT2D eigenvalue weighted by Gasteiger charge is -2.20. The molecule has 0 saturated carbocycles. The fraction of sp³-hybridized carbons (Fsp3) is 0.231. The van der Waals surface area contributed by atoms with Crippen molar-refractivity contribution in [1.29, 1.82) is 0 Å². The zero-order valence-corrected chi connectivity index (χ0v) is 10.4. The molecule has 3 rings (SSSR count). The molecule has 0 saturated heterocycles. The van der Waals surface area contributed by atoms with Gasteiger partial charge in [-0.05, 0) is 19.1 Å². The van der Waals surface area contributed by atoms with Crippen LogP contribution in [0.1, 0.15) is 15.9 Å². The van der Waals surface area contributed by atoms with E-state index in [0.29, 0.717) is 36.1 Å². The Labute approximate surface area is 109 Å². The van der Waals surface area contributed by atoms with Gasteiger partial charge in [0.15, 0.2) is 11.5 Å². The van der Waals surface area contributed by atoms with Crippen molar-refractivity contribution in [3.8, 4) is 11.5 Å². The Morgan fingerprint density at radius 2 is 2.21 bits per heavy atom. The Balaban J connectivity index is 1.90. The fourth-order valence-corrected chi connectivity index (χ4v) is 1.91. The third-order valence-electron chi connectivity index (χ3n) is 2.88. The number of aromatic nitrogens is 2. The number of hydrogen-bond donors (Lipinski definition) is 2. The molecule has 0 fully saturated rings. The molecular formula is C13H13N3O3. The van der Waals surface area contributed by atoms with E-state index >= 15 is 0 Å². The molecule has 6 heteroatoms. The molecular weight excluding hydrogens is 246 g/mol. The van der Waals surface area contributed by atoms with E-state index in [1.807, 2.05) is 6.92 Å². The van der Waals surface area contributed by atoms with E-state index < -0.39 is 0 Å². The Kier molecular flexibility index (Phi) is 2.83. The summed E-state index contributed by atoms with van der Waals surface area (Å²) in [5, 5.41) is 9.36. The van der Waals surface area contributed by atoms with E-state index in [0.717, 1.165) is 5.56 Å². The number of carbonyl (C=O) groups excluding carboxylic acids is 1. The number of anilines is 1. The van der Waals surface area contributed by atoms with Gasteiger partial charge in [0.25, 0.3) is 5.91 Å². The lowest BCUT2D eigenvalue weighted by molar-refractivity contribution is 0.101. The quantitative estimate of drug-likeness (QED) is 0.861. The van der Waals surface area contributed by atoms with Crippen molar-refractivity contribution in [3.05, 3.63) is 35.5 Å². The molecule has 1 aromatic carbocycles. The topological polar surface area (TPSA) is 76.2 Å². The average Bonchev–Trinajstić information content (AvgIpc) is 2.83. The first-order chi connectivity index (χ1) is 9.25. The van der Waals surface area contributed by atoms with Crippen LogP contribution in [0.25, 0.3) is 0 Å². The van der Waals surface area contributed by atoms with E-state index in [1.54, 1.807) is 24.4 Å². The Bertz CT molecular complexity index is 621. The first kappa shape index (κ1) is 11.6. The number of hydrogen-bond acceptors (Lipinski definition) is 4. The van der Waals surface area contributed by atoms with Crippen molar-refractivity contribution in [2.24, 2.45) is 0 Å². The van der Waals surface area contributed by atoms with Crippen LogP contribution >= 0.6 is 0 Å². The van der Waals surface area contributed by atoms with Crippen LogP contribution in [0.5, 0.6) is 11.5 Å². The Hall–Kier alpha value is -2.50. The molecule has 1 aliphatic heterocycles. The van der Waals surface area contributed by atoms with Gasteiger partial charge in [-0.2, -0.15) is 5.10 Å². The third-order valence-corrected chi connectivity index (χ3v) is 2.88. The smallest absolute Gasteiger partial charge is 0.260 e. The maximum absolute atomic E-state index is 12.2. The van der Waals surface area contributed by atoms with Gasteiger partial charge in [0, 0.05) is 5.56 Å². The molecule has 0 spiro atoms. The van der Waals surface area contributed by atoms with E-state index in [2.05, 4.69) is 15.5 Å². The first-order valence-electron chi connectivity index (χ1n) is 5.95. The molecule has 2 N–H and O–H groups in total. The SMILES string of the molecule is Cc1cn[nH]c1NC(=O)c1cccc2c1OCCO2. The lowest BCUT2D eigenvalue weighted by atomic mass is 10.1. The molecule has 1 amide bonds. The van der Waals surface area contributed by atoms with Crippen LogP contribution in [0.4, 0.5) is 5.82 Å². The maximum atomic E-state index is 12.2. The van der Waals surface area contributed by atoms with Crippen molar-refractivity contribution in [2.75, 3.05) is 18.5 Å². The van der Waals surface area contributed by atoms with E-state index in [4.69, 9.17) is 9.47 Å². The number of H-pyrrole nitrogens is 1. The number of nitrogens with zero attached hydrogens (tertiary/aromatic N) is 1. The van der Waals surface area contributed by atoms with E-state index in [9.17, 15) is 4.79 Å². The highest BCUT2D eigenvalue weighted by molar-refractivity contribution is 6.06. The zero-order chi connectivity index (χ0) is 13.2. The minimum absolute atomic E-state index is 0.255. The number of aryl methyl sites for hydroxylation is 1. The number of rotatable bonds is 2. The molecule has 0 aliphatic carbocycles. The number of carbonyl (C=O) groups is 1. The fourth-order valence-electron chi connectivity index (χ4n) is 1.91. The number of amides is 1. The van der Waals surface area contributed by atoms with Crippen LogP contribution in [0, 0.1) is 6.92 Å². The Morgan fingerprint density at radius 3 is 3.00 bits per heavy atom. The summed E-state index contributed by atoms with van der Waals surface area (Å²) in [7, 11) is 0. The van der Waals surface area contributed by atoms with Gasteiger partial charge in [-0.1, -0.05) is 6.07 Å². The van der Waals surface area contributed by atoms with Crippen molar-refractivity contribution < 1.29 is 14.3 Å². The average molecular weight is 259 g/mol. The summed E-state index contributed by atoms with van der Waals surface area (Å²) < 4.78 is 11.0. The molecule has 0 unspecified atom stereocenters. The van der Waals surface area contributed by atoms with Crippen molar-refractivity contribution in [1.82, 2.24) is 10.2 Å². The summed E-state index contributed by atoms with van der Waals surface area (Å²) in [6.45, 7) is 2.80. The highest BCUT2D eigenvalue weighted by Gasteiger charge is 2.20. The summed E-state index contributed by atoms with van der Waals surface area (Å²) in [5.41, 5.74) is 1.32. The van der Waals surface area contributed by atoms with Gasteiger partial charge in [0.05, 0.1) is 11.8 Å². The van der Waals surface area contributed by atoms with Crippen LogP contribution in [0.2, 0.25) is 0 Å². The molecule has 1 aliphatic rings. The van der Waals surface area contributed by atoms with Gasteiger partial charge < -0.3 is 14.8 Å². The van der Waals surface area contributed by atoms with E-state index in [-0.39, 0.29) is 5.91 Å². The summed E-state index contributed by atoms with van der Waals surface area (Å²) in [5.74, 6) is 1.41. The van der Waals surface area contributed by atoms with Crippen molar-refractivity contribution in [3.63, 3.8) is 0 Å². The van der Waals surface area contributed by atoms with Gasteiger partial charge in [0.2, 0.25) is 0 Å². The number of para-hydroxylation sites is 1. The van der Waals surface area contributed by atoms with Crippen LogP contribution in [-0.4, -0.2) is 29.3 Å². The van der Waals surface area contributed by atoms with Gasteiger partial charge in [-0.15, -0.1) is 0 Å². The second-order valence-electron chi connectivity index (χ2n) is 4.21. The molecule has 6 nitrogen and oxygen atoms in total. The summed E-state index contributed by atoms with van der Waals surface area (Å²) in [6, 6.07) is 5.25. The van der Waals surface area contributed by atoms with Crippen LogP contribution in [0.3, 0.4) is 0 Å². The number of nitrogens with one attached hydrogen (secondary N) is 2. The third kappa shape index (κ3) is 2.12. The largest absolute Gasteiger partial charge is 0.486 e.